The van der Waals surface area contributed by atoms with Crippen molar-refractivity contribution in [2.24, 2.45) is 0 Å². The number of para-hydroxylation sites is 1. The van der Waals surface area contributed by atoms with Gasteiger partial charge in [-0.1, -0.05) is 18.2 Å². The van der Waals surface area contributed by atoms with Gasteiger partial charge in [0.1, 0.15) is 11.8 Å². The van der Waals surface area contributed by atoms with Gasteiger partial charge in [-0.3, -0.25) is 4.79 Å². The molecule has 0 bridgehead atoms. The van der Waals surface area contributed by atoms with E-state index in [2.05, 4.69) is 4.98 Å². The molecule has 1 atom stereocenters. The minimum absolute atomic E-state index is 0.165. The van der Waals surface area contributed by atoms with E-state index in [1.165, 1.54) is 17.0 Å². The number of nitrogens with zero attached hydrogens (tertiary/aromatic N) is 2. The van der Waals surface area contributed by atoms with Crippen LogP contribution in [0.3, 0.4) is 0 Å². The fourth-order valence-corrected chi connectivity index (χ4v) is 4.69. The van der Waals surface area contributed by atoms with Crippen LogP contribution in [0.1, 0.15) is 11.3 Å². The van der Waals surface area contributed by atoms with Crippen LogP contribution in [0.2, 0.25) is 0 Å². The van der Waals surface area contributed by atoms with Gasteiger partial charge in [0.2, 0.25) is 34.8 Å². The number of H-pyrrole nitrogens is 1. The number of rotatable bonds is 3. The van der Waals surface area contributed by atoms with Crippen LogP contribution in [0.15, 0.2) is 48.5 Å². The molecule has 1 unspecified atom stereocenters. The van der Waals surface area contributed by atoms with Crippen LogP contribution in [0.5, 0.6) is 11.5 Å². The first-order valence-electron chi connectivity index (χ1n) is 10.8. The Labute approximate surface area is 199 Å². The van der Waals surface area contributed by atoms with E-state index in [1.54, 1.807) is 0 Å². The lowest BCUT2D eigenvalue weighted by Gasteiger charge is -2.26. The second-order valence-electron chi connectivity index (χ2n) is 8.43. The lowest BCUT2D eigenvalue weighted by molar-refractivity contribution is -0.120. The van der Waals surface area contributed by atoms with Crippen LogP contribution >= 0.6 is 0 Å². The summed E-state index contributed by atoms with van der Waals surface area (Å²) in [6, 6.07) is 11.3. The van der Waals surface area contributed by atoms with E-state index in [-0.39, 0.29) is 18.0 Å². The minimum atomic E-state index is -2.30. The van der Waals surface area contributed by atoms with Crippen LogP contribution in [0, 0.1) is 29.1 Å². The van der Waals surface area contributed by atoms with Crippen LogP contribution < -0.4 is 9.64 Å². The van der Waals surface area contributed by atoms with Crippen LogP contribution in [-0.2, 0) is 17.8 Å². The van der Waals surface area contributed by atoms with Gasteiger partial charge in [0.15, 0.2) is 0 Å². The summed E-state index contributed by atoms with van der Waals surface area (Å²) in [4.78, 5) is 32.0. The number of aromatic amines is 1. The quantitative estimate of drug-likeness (QED) is 0.174. The molecule has 1 fully saturated rings. The van der Waals surface area contributed by atoms with E-state index in [9.17, 15) is 31.5 Å². The number of ether oxygens (including phenoxy) is 1. The molecular weight excluding hydrogens is 485 g/mol. The van der Waals surface area contributed by atoms with Crippen molar-refractivity contribution in [1.82, 2.24) is 9.88 Å². The number of benzene rings is 3. The summed E-state index contributed by atoms with van der Waals surface area (Å²) < 4.78 is 72.9. The molecule has 6 nitrogen and oxygen atoms in total. The average Bonchev–Trinajstić information content (AvgIpc) is 3.37. The van der Waals surface area contributed by atoms with Crippen LogP contribution in [0.4, 0.5) is 32.4 Å². The summed E-state index contributed by atoms with van der Waals surface area (Å²) >= 11 is 0. The van der Waals surface area contributed by atoms with E-state index in [4.69, 9.17) is 4.74 Å². The molecule has 36 heavy (non-hydrogen) atoms. The van der Waals surface area contributed by atoms with Gasteiger partial charge in [-0.25, -0.2) is 22.9 Å². The summed E-state index contributed by atoms with van der Waals surface area (Å²) in [6.45, 7) is 0.219. The number of halogens is 5. The molecule has 182 valence electrons. The molecule has 0 aliphatic carbocycles. The standard InChI is InChI=1S/C25H14F5N3O3/c26-18-19(27)21(29)23(22(30)20(18)28)36-12-7-5-11(6-8-12)33-24(34)17-9-14-13-3-1-2-4-15(13)31-16(14)10-32(17)25(33)35/h1-8,17,31H,9-10H2. The van der Waals surface area contributed by atoms with Gasteiger partial charge >= 0.3 is 6.03 Å². The van der Waals surface area contributed by atoms with Gasteiger partial charge < -0.3 is 14.6 Å². The molecule has 0 spiro atoms. The lowest BCUT2D eigenvalue weighted by atomic mass is 9.97. The van der Waals surface area contributed by atoms with E-state index in [0.29, 0.717) is 6.42 Å². The average molecular weight is 499 g/mol. The number of carbonyl (C=O) groups excluding carboxylic acids is 2. The maximum Gasteiger partial charge on any atom is 0.332 e. The van der Waals surface area contributed by atoms with Crippen molar-refractivity contribution < 1.29 is 36.3 Å². The van der Waals surface area contributed by atoms with Gasteiger partial charge in [-0.15, -0.1) is 0 Å². The Hall–Kier alpha value is -4.41. The smallest absolute Gasteiger partial charge is 0.332 e. The Morgan fingerprint density at radius 1 is 0.833 bits per heavy atom. The summed E-state index contributed by atoms with van der Waals surface area (Å²) in [7, 11) is 0. The van der Waals surface area contributed by atoms with Gasteiger partial charge in [-0.2, -0.15) is 8.78 Å². The fourth-order valence-electron chi connectivity index (χ4n) is 4.69. The zero-order valence-electron chi connectivity index (χ0n) is 18.1. The maximum atomic E-state index is 13.9. The number of aromatic nitrogens is 1. The van der Waals surface area contributed by atoms with Crippen molar-refractivity contribution in [2.75, 3.05) is 4.90 Å². The van der Waals surface area contributed by atoms with Crippen LogP contribution in [-0.4, -0.2) is 27.9 Å². The van der Waals surface area contributed by atoms with Crippen molar-refractivity contribution in [3.8, 4) is 11.5 Å². The first-order chi connectivity index (χ1) is 17.3. The predicted molar refractivity (Wildman–Crippen MR) is 117 cm³/mol. The van der Waals surface area contributed by atoms with Gasteiger partial charge in [0.25, 0.3) is 5.91 Å². The minimum Gasteiger partial charge on any atom is -0.451 e. The Bertz CT molecular complexity index is 1560. The van der Waals surface area contributed by atoms with Crippen molar-refractivity contribution in [3.05, 3.63) is 88.9 Å². The van der Waals surface area contributed by atoms with E-state index in [0.717, 1.165) is 39.2 Å². The molecule has 1 N–H and O–H groups in total. The SMILES string of the molecule is O=C1C2Cc3c([nH]c4ccccc34)CN2C(=O)N1c1ccc(Oc2c(F)c(F)c(F)c(F)c2F)cc1. The molecule has 3 amide bonds. The molecule has 3 aromatic carbocycles. The molecule has 0 saturated carbocycles. The summed E-state index contributed by atoms with van der Waals surface area (Å²) in [5.74, 6) is -13.0. The molecule has 3 heterocycles. The van der Waals surface area contributed by atoms with Crippen molar-refractivity contribution in [2.45, 2.75) is 19.0 Å². The Balaban J connectivity index is 1.27. The van der Waals surface area contributed by atoms with E-state index in [1.807, 2.05) is 24.3 Å². The third-order valence-electron chi connectivity index (χ3n) is 6.43. The topological polar surface area (TPSA) is 65.6 Å². The monoisotopic (exact) mass is 499 g/mol. The number of carbonyl (C=O) groups is 2. The third-order valence-corrected chi connectivity index (χ3v) is 6.43. The van der Waals surface area contributed by atoms with Crippen molar-refractivity contribution >= 4 is 28.5 Å². The normalized spacial score (nSPS) is 17.1. The maximum absolute atomic E-state index is 13.9. The molecule has 6 rings (SSSR count). The summed E-state index contributed by atoms with van der Waals surface area (Å²) in [6.07, 6.45) is 0.335. The van der Waals surface area contributed by atoms with Gasteiger partial charge in [0, 0.05) is 23.0 Å². The zero-order valence-corrected chi connectivity index (χ0v) is 18.1. The Kier molecular flexibility index (Phi) is 4.79. The first-order valence-corrected chi connectivity index (χ1v) is 10.8. The highest BCUT2D eigenvalue weighted by atomic mass is 19.2. The highest BCUT2D eigenvalue weighted by molar-refractivity contribution is 6.21. The highest BCUT2D eigenvalue weighted by Gasteiger charge is 2.48. The highest BCUT2D eigenvalue weighted by Crippen LogP contribution is 2.37. The number of nitrogens with one attached hydrogen (secondary N) is 1. The number of hydrogen-bond donors (Lipinski definition) is 1. The molecule has 4 aromatic rings. The number of amides is 3. The first kappa shape index (κ1) is 22.1. The fraction of sp³-hybridized carbons (Fsp3) is 0.120. The largest absolute Gasteiger partial charge is 0.451 e. The molecule has 2 aliphatic heterocycles. The molecule has 1 saturated heterocycles. The molecule has 1 aromatic heterocycles. The van der Waals surface area contributed by atoms with Gasteiger partial charge in [-0.05, 0) is 35.9 Å². The molecule has 2 aliphatic rings. The second-order valence-corrected chi connectivity index (χ2v) is 8.43. The number of fused-ring (bicyclic) bond motifs is 4. The van der Waals surface area contributed by atoms with Crippen molar-refractivity contribution in [1.29, 1.82) is 0 Å². The number of anilines is 1. The molecule has 11 heteroatoms. The molecule has 0 radical (unpaired) electrons. The summed E-state index contributed by atoms with van der Waals surface area (Å²) in [5.41, 5.74) is 2.91. The third kappa shape index (κ3) is 3.08. The lowest BCUT2D eigenvalue weighted by Crippen LogP contribution is -2.39. The second kappa shape index (κ2) is 7.80. The number of urea groups is 1. The Morgan fingerprint density at radius 3 is 2.17 bits per heavy atom. The summed E-state index contributed by atoms with van der Waals surface area (Å²) in [5, 5.41) is 0.987. The van der Waals surface area contributed by atoms with E-state index < -0.39 is 52.8 Å². The number of imide groups is 1. The predicted octanol–water partition coefficient (Wildman–Crippen LogP) is 5.55. The van der Waals surface area contributed by atoms with Crippen LogP contribution in [0.25, 0.3) is 10.9 Å². The zero-order chi connectivity index (χ0) is 25.3. The number of hydrogen-bond acceptors (Lipinski definition) is 3. The van der Waals surface area contributed by atoms with Crippen molar-refractivity contribution in [3.63, 3.8) is 0 Å². The molecular formula is C25H14F5N3O3. The Morgan fingerprint density at radius 2 is 1.47 bits per heavy atom. The van der Waals surface area contributed by atoms with E-state index >= 15 is 0 Å². The van der Waals surface area contributed by atoms with Gasteiger partial charge in [0.05, 0.1) is 12.2 Å².